The average Bonchev–Trinajstić information content (AvgIpc) is 3.17. The zero-order valence-electron chi connectivity index (χ0n) is 16.5. The summed E-state index contributed by atoms with van der Waals surface area (Å²) < 4.78 is 5.83. The van der Waals surface area contributed by atoms with Crippen molar-refractivity contribution in [2.75, 3.05) is 26.7 Å². The molecule has 3 rings (SSSR count). The summed E-state index contributed by atoms with van der Waals surface area (Å²) in [5.41, 5.74) is 1.26. The second kappa shape index (κ2) is 11.6. The van der Waals surface area contributed by atoms with E-state index in [1.165, 1.54) is 10.4 Å². The van der Waals surface area contributed by atoms with E-state index in [0.717, 1.165) is 18.7 Å². The molecule has 29 heavy (non-hydrogen) atoms. The second-order valence-corrected chi connectivity index (χ2v) is 8.06. The number of nitrogens with zero attached hydrogens (tertiary/aromatic N) is 2. The third-order valence-electron chi connectivity index (χ3n) is 4.50. The number of thiophene rings is 1. The number of carbonyl (C=O) groups is 1. The molecule has 0 fully saturated rings. The van der Waals surface area contributed by atoms with E-state index >= 15 is 0 Å². The highest BCUT2D eigenvalue weighted by molar-refractivity contribution is 14.0. The fourth-order valence-corrected chi connectivity index (χ4v) is 4.00. The third-order valence-corrected chi connectivity index (χ3v) is 5.77. The van der Waals surface area contributed by atoms with Crippen LogP contribution in [0.15, 0.2) is 40.7 Å². The SMILES string of the molecule is CN=C(NCC(=O)N1CCc2sccc2C1)NCC(C)Oc1ccc(Cl)cc1.I. The van der Waals surface area contributed by atoms with E-state index in [4.69, 9.17) is 16.3 Å². The Labute approximate surface area is 197 Å². The average molecular weight is 549 g/mol. The molecule has 0 bridgehead atoms. The predicted molar refractivity (Wildman–Crippen MR) is 130 cm³/mol. The van der Waals surface area contributed by atoms with Gasteiger partial charge in [0.2, 0.25) is 5.91 Å². The maximum Gasteiger partial charge on any atom is 0.242 e. The van der Waals surface area contributed by atoms with Gasteiger partial charge in [0.25, 0.3) is 0 Å². The van der Waals surface area contributed by atoms with Crippen molar-refractivity contribution in [1.29, 1.82) is 0 Å². The molecule has 2 aromatic rings. The number of ether oxygens (including phenoxy) is 1. The summed E-state index contributed by atoms with van der Waals surface area (Å²) in [6, 6.07) is 9.37. The van der Waals surface area contributed by atoms with Crippen LogP contribution in [-0.2, 0) is 17.8 Å². The van der Waals surface area contributed by atoms with E-state index in [1.807, 2.05) is 24.0 Å². The van der Waals surface area contributed by atoms with Crippen molar-refractivity contribution in [3.63, 3.8) is 0 Å². The number of nitrogens with one attached hydrogen (secondary N) is 2. The molecule has 0 saturated carbocycles. The van der Waals surface area contributed by atoms with Gasteiger partial charge in [-0.25, -0.2) is 0 Å². The molecule has 2 heterocycles. The molecule has 0 aliphatic carbocycles. The largest absolute Gasteiger partial charge is 0.489 e. The van der Waals surface area contributed by atoms with Crippen LogP contribution in [0.1, 0.15) is 17.4 Å². The molecule has 9 heteroatoms. The predicted octanol–water partition coefficient (Wildman–Crippen LogP) is 3.54. The molecular weight excluding hydrogens is 523 g/mol. The van der Waals surface area contributed by atoms with Crippen LogP contribution in [0.2, 0.25) is 5.02 Å². The molecule has 158 valence electrons. The first-order chi connectivity index (χ1) is 13.5. The third kappa shape index (κ3) is 7.04. The van der Waals surface area contributed by atoms with Crippen molar-refractivity contribution >= 4 is 58.8 Å². The number of hydrogen-bond donors (Lipinski definition) is 2. The number of carbonyl (C=O) groups excluding carboxylic acids is 1. The number of fused-ring (bicyclic) bond motifs is 1. The zero-order chi connectivity index (χ0) is 19.9. The van der Waals surface area contributed by atoms with E-state index in [2.05, 4.69) is 27.1 Å². The van der Waals surface area contributed by atoms with Gasteiger partial charge in [0.15, 0.2) is 5.96 Å². The number of guanidine groups is 1. The van der Waals surface area contributed by atoms with Crippen molar-refractivity contribution < 1.29 is 9.53 Å². The van der Waals surface area contributed by atoms with Gasteiger partial charge in [-0.05, 0) is 54.6 Å². The smallest absolute Gasteiger partial charge is 0.242 e. The summed E-state index contributed by atoms with van der Waals surface area (Å²) in [5, 5.41) is 9.05. The number of benzene rings is 1. The van der Waals surface area contributed by atoms with E-state index in [-0.39, 0.29) is 42.5 Å². The zero-order valence-corrected chi connectivity index (χ0v) is 20.4. The van der Waals surface area contributed by atoms with Crippen molar-refractivity contribution in [2.24, 2.45) is 4.99 Å². The molecule has 1 aliphatic heterocycles. The molecule has 0 radical (unpaired) electrons. The summed E-state index contributed by atoms with van der Waals surface area (Å²) in [6.45, 7) is 4.19. The van der Waals surface area contributed by atoms with Gasteiger partial charge in [0.1, 0.15) is 11.9 Å². The minimum atomic E-state index is -0.0745. The Morgan fingerprint density at radius 1 is 1.31 bits per heavy atom. The monoisotopic (exact) mass is 548 g/mol. The first-order valence-electron chi connectivity index (χ1n) is 9.25. The quantitative estimate of drug-likeness (QED) is 0.329. The first kappa shape index (κ1) is 23.8. The summed E-state index contributed by atoms with van der Waals surface area (Å²) in [6.07, 6.45) is 0.861. The topological polar surface area (TPSA) is 66.0 Å². The molecule has 1 aliphatic rings. The van der Waals surface area contributed by atoms with Gasteiger partial charge in [-0.2, -0.15) is 0 Å². The van der Waals surface area contributed by atoms with E-state index in [9.17, 15) is 4.79 Å². The Balaban J connectivity index is 0.00000300. The first-order valence-corrected chi connectivity index (χ1v) is 10.5. The van der Waals surface area contributed by atoms with Crippen LogP contribution >= 0.6 is 46.9 Å². The lowest BCUT2D eigenvalue weighted by Crippen LogP contribution is -2.47. The fraction of sp³-hybridized carbons (Fsp3) is 0.400. The van der Waals surface area contributed by atoms with Crippen LogP contribution in [0.25, 0.3) is 0 Å². The number of aliphatic imine (C=N–C) groups is 1. The van der Waals surface area contributed by atoms with Crippen LogP contribution in [0.5, 0.6) is 5.75 Å². The molecule has 1 unspecified atom stereocenters. The molecule has 6 nitrogen and oxygen atoms in total. The Morgan fingerprint density at radius 2 is 2.07 bits per heavy atom. The van der Waals surface area contributed by atoms with Crippen LogP contribution in [0.4, 0.5) is 0 Å². The minimum Gasteiger partial charge on any atom is -0.489 e. The molecule has 2 N–H and O–H groups in total. The standard InChI is InChI=1S/C20H25ClN4O2S.HI/c1-14(27-17-5-3-16(21)4-6-17)11-23-20(22-2)24-12-19(26)25-9-7-18-15(13-25)8-10-28-18;/h3-6,8,10,14H,7,9,11-13H2,1-2H3,(H2,22,23,24);1H. The van der Waals surface area contributed by atoms with Crippen LogP contribution in [0, 0.1) is 0 Å². The molecule has 1 aromatic carbocycles. The second-order valence-electron chi connectivity index (χ2n) is 6.62. The van der Waals surface area contributed by atoms with E-state index in [1.54, 1.807) is 30.5 Å². The summed E-state index contributed by atoms with van der Waals surface area (Å²) in [4.78, 5) is 20.0. The number of halogens is 2. The van der Waals surface area contributed by atoms with Gasteiger partial charge in [-0.15, -0.1) is 35.3 Å². The van der Waals surface area contributed by atoms with Crippen molar-refractivity contribution in [3.8, 4) is 5.75 Å². The van der Waals surface area contributed by atoms with E-state index in [0.29, 0.717) is 24.1 Å². The van der Waals surface area contributed by atoms with Crippen molar-refractivity contribution in [2.45, 2.75) is 26.0 Å². The van der Waals surface area contributed by atoms with E-state index < -0.39 is 0 Å². The molecule has 1 atom stereocenters. The highest BCUT2D eigenvalue weighted by Gasteiger charge is 2.21. The van der Waals surface area contributed by atoms with Crippen molar-refractivity contribution in [3.05, 3.63) is 51.2 Å². The van der Waals surface area contributed by atoms with Crippen LogP contribution in [-0.4, -0.2) is 49.6 Å². The molecular formula is C20H26ClIN4O2S. The normalized spacial score (nSPS) is 14.4. The lowest BCUT2D eigenvalue weighted by atomic mass is 10.1. The van der Waals surface area contributed by atoms with Gasteiger partial charge in [-0.3, -0.25) is 9.79 Å². The Kier molecular flexibility index (Phi) is 9.51. The number of amides is 1. The maximum atomic E-state index is 12.5. The molecule has 0 spiro atoms. The van der Waals surface area contributed by atoms with Crippen LogP contribution in [0.3, 0.4) is 0 Å². The Morgan fingerprint density at radius 3 is 2.79 bits per heavy atom. The van der Waals surface area contributed by atoms with Crippen molar-refractivity contribution in [1.82, 2.24) is 15.5 Å². The lowest BCUT2D eigenvalue weighted by Gasteiger charge is -2.27. The highest BCUT2D eigenvalue weighted by Crippen LogP contribution is 2.23. The van der Waals surface area contributed by atoms with Gasteiger partial charge < -0.3 is 20.3 Å². The lowest BCUT2D eigenvalue weighted by molar-refractivity contribution is -0.130. The minimum absolute atomic E-state index is 0. The fourth-order valence-electron chi connectivity index (χ4n) is 2.98. The molecule has 0 saturated heterocycles. The van der Waals surface area contributed by atoms with Gasteiger partial charge in [0, 0.05) is 30.0 Å². The number of rotatable bonds is 6. The molecule has 1 aromatic heterocycles. The number of hydrogen-bond acceptors (Lipinski definition) is 4. The molecule has 1 amide bonds. The van der Waals surface area contributed by atoms with Gasteiger partial charge in [0.05, 0.1) is 13.1 Å². The highest BCUT2D eigenvalue weighted by atomic mass is 127. The Bertz CT molecular complexity index is 828. The maximum absolute atomic E-state index is 12.5. The Hall–Kier alpha value is -1.52. The van der Waals surface area contributed by atoms with Gasteiger partial charge >= 0.3 is 0 Å². The summed E-state index contributed by atoms with van der Waals surface area (Å²) in [7, 11) is 1.68. The summed E-state index contributed by atoms with van der Waals surface area (Å²) in [5.74, 6) is 1.41. The summed E-state index contributed by atoms with van der Waals surface area (Å²) >= 11 is 7.65. The van der Waals surface area contributed by atoms with Gasteiger partial charge in [-0.1, -0.05) is 11.6 Å². The van der Waals surface area contributed by atoms with Crippen LogP contribution < -0.4 is 15.4 Å².